The van der Waals surface area contributed by atoms with Crippen molar-refractivity contribution < 1.29 is 0 Å². The molecule has 2 aromatic heterocycles. The largest absolute Gasteiger partial charge is 0.310 e. The van der Waals surface area contributed by atoms with Gasteiger partial charge >= 0.3 is 0 Å². The zero-order valence-corrected chi connectivity index (χ0v) is 33.3. The molecule has 2 nitrogen and oxygen atoms in total. The number of benzene rings is 9. The monoisotopic (exact) mass is 772 g/mol. The van der Waals surface area contributed by atoms with Gasteiger partial charge in [-0.2, -0.15) is 0 Å². The van der Waals surface area contributed by atoms with E-state index in [0.717, 1.165) is 23.5 Å². The van der Waals surface area contributed by atoms with Crippen LogP contribution in [0.5, 0.6) is 0 Å². The molecule has 59 heavy (non-hydrogen) atoms. The molecule has 3 heteroatoms. The van der Waals surface area contributed by atoms with E-state index >= 15 is 0 Å². The van der Waals surface area contributed by atoms with Crippen molar-refractivity contribution in [1.82, 2.24) is 4.57 Å². The van der Waals surface area contributed by atoms with Crippen LogP contribution in [0, 0.1) is 0 Å². The minimum Gasteiger partial charge on any atom is -0.310 e. The molecule has 0 amide bonds. The van der Waals surface area contributed by atoms with Crippen molar-refractivity contribution in [1.29, 1.82) is 0 Å². The van der Waals surface area contributed by atoms with E-state index in [4.69, 9.17) is 0 Å². The highest BCUT2D eigenvalue weighted by molar-refractivity contribution is 7.25. The van der Waals surface area contributed by atoms with Crippen LogP contribution in [0.2, 0.25) is 0 Å². The average Bonchev–Trinajstić information content (AvgIpc) is 3.84. The number of fused-ring (bicyclic) bond motifs is 6. The fourth-order valence-corrected chi connectivity index (χ4v) is 10.0. The number of aromatic nitrogens is 1. The molecule has 0 bridgehead atoms. The van der Waals surface area contributed by atoms with Crippen molar-refractivity contribution in [3.63, 3.8) is 0 Å². The number of anilines is 3. The van der Waals surface area contributed by atoms with E-state index in [9.17, 15) is 0 Å². The van der Waals surface area contributed by atoms with Crippen LogP contribution < -0.4 is 4.90 Å². The molecular weight excluding hydrogens is 733 g/mol. The van der Waals surface area contributed by atoms with Gasteiger partial charge in [-0.15, -0.1) is 11.3 Å². The summed E-state index contributed by atoms with van der Waals surface area (Å²) in [6.07, 6.45) is 0.903. The van der Waals surface area contributed by atoms with Gasteiger partial charge in [-0.3, -0.25) is 0 Å². The Morgan fingerprint density at radius 2 is 0.983 bits per heavy atom. The van der Waals surface area contributed by atoms with Crippen molar-refractivity contribution >= 4 is 70.4 Å². The van der Waals surface area contributed by atoms with Gasteiger partial charge in [-0.1, -0.05) is 146 Å². The van der Waals surface area contributed by atoms with Crippen molar-refractivity contribution in [3.05, 3.63) is 241 Å². The van der Waals surface area contributed by atoms with Crippen LogP contribution in [0.25, 0.3) is 58.8 Å². The molecule has 2 heterocycles. The number of rotatable bonds is 9. The molecular formula is C56H40N2S. The number of hydrogen-bond donors (Lipinski definition) is 0. The van der Waals surface area contributed by atoms with Crippen molar-refractivity contribution in [2.45, 2.75) is 12.3 Å². The van der Waals surface area contributed by atoms with Crippen molar-refractivity contribution in [2.24, 2.45) is 0 Å². The van der Waals surface area contributed by atoms with Gasteiger partial charge in [-0.05, 0) is 113 Å². The van der Waals surface area contributed by atoms with Crippen LogP contribution in [0.4, 0.5) is 17.1 Å². The molecule has 0 spiro atoms. The Bertz CT molecular complexity index is 3200. The van der Waals surface area contributed by atoms with Crippen LogP contribution in [0.3, 0.4) is 0 Å². The molecule has 11 rings (SSSR count). The summed E-state index contributed by atoms with van der Waals surface area (Å²) in [5, 5.41) is 5.13. The third-order valence-corrected chi connectivity index (χ3v) is 12.9. The lowest BCUT2D eigenvalue weighted by Crippen LogP contribution is -2.09. The van der Waals surface area contributed by atoms with E-state index in [1.54, 1.807) is 0 Å². The van der Waals surface area contributed by atoms with E-state index in [-0.39, 0.29) is 5.92 Å². The molecule has 0 N–H and O–H groups in total. The molecule has 0 fully saturated rings. The van der Waals surface area contributed by atoms with E-state index in [1.807, 2.05) is 11.3 Å². The van der Waals surface area contributed by atoms with Gasteiger partial charge in [0.15, 0.2) is 0 Å². The molecule has 0 aliphatic rings. The van der Waals surface area contributed by atoms with Crippen LogP contribution in [-0.2, 0) is 6.42 Å². The molecule has 0 aliphatic carbocycles. The van der Waals surface area contributed by atoms with E-state index < -0.39 is 0 Å². The summed E-state index contributed by atoms with van der Waals surface area (Å²) in [6, 6.07) is 82.1. The lowest BCUT2D eigenvalue weighted by Gasteiger charge is -2.25. The Hall–Kier alpha value is -7.20. The fraction of sp³-hybridized carbons (Fsp3) is 0.0357. The van der Waals surface area contributed by atoms with Crippen LogP contribution >= 0.6 is 11.3 Å². The highest BCUT2D eigenvalue weighted by Crippen LogP contribution is 2.43. The first kappa shape index (κ1) is 35.0. The highest BCUT2D eigenvalue weighted by Gasteiger charge is 2.20. The number of hydrogen-bond acceptors (Lipinski definition) is 2. The van der Waals surface area contributed by atoms with Gasteiger partial charge in [0.05, 0.1) is 11.0 Å². The van der Waals surface area contributed by atoms with Gasteiger partial charge in [-0.25, -0.2) is 0 Å². The van der Waals surface area contributed by atoms with Gasteiger partial charge < -0.3 is 9.47 Å². The maximum Gasteiger partial charge on any atom is 0.0547 e. The molecule has 0 radical (unpaired) electrons. The van der Waals surface area contributed by atoms with Gasteiger partial charge in [0.25, 0.3) is 0 Å². The topological polar surface area (TPSA) is 8.17 Å². The Labute approximate surface area is 348 Å². The first-order valence-electron chi connectivity index (χ1n) is 20.3. The third-order valence-electron chi connectivity index (χ3n) is 11.8. The Balaban J connectivity index is 1.03. The van der Waals surface area contributed by atoms with Gasteiger partial charge in [0.2, 0.25) is 0 Å². The highest BCUT2D eigenvalue weighted by atomic mass is 32.1. The summed E-state index contributed by atoms with van der Waals surface area (Å²) in [4.78, 5) is 2.35. The van der Waals surface area contributed by atoms with Crippen molar-refractivity contribution in [2.75, 3.05) is 4.90 Å². The molecule has 1 unspecified atom stereocenters. The predicted octanol–water partition coefficient (Wildman–Crippen LogP) is 15.7. The molecule has 280 valence electrons. The van der Waals surface area contributed by atoms with E-state index in [2.05, 4.69) is 234 Å². The zero-order valence-electron chi connectivity index (χ0n) is 32.4. The zero-order chi connectivity index (χ0) is 39.1. The Morgan fingerprint density at radius 1 is 0.390 bits per heavy atom. The third kappa shape index (κ3) is 6.46. The summed E-state index contributed by atoms with van der Waals surface area (Å²) < 4.78 is 5.01. The van der Waals surface area contributed by atoms with Crippen LogP contribution in [0.1, 0.15) is 22.6 Å². The Kier molecular flexibility index (Phi) is 8.87. The van der Waals surface area contributed by atoms with Gasteiger partial charge in [0.1, 0.15) is 0 Å². The number of para-hydroxylation sites is 4. The van der Waals surface area contributed by atoms with Crippen LogP contribution in [0.15, 0.2) is 224 Å². The average molecular weight is 773 g/mol. The molecule has 0 saturated carbocycles. The number of nitrogens with zero attached hydrogens (tertiary/aromatic N) is 2. The fourth-order valence-electron chi connectivity index (χ4n) is 8.96. The predicted molar refractivity (Wildman–Crippen MR) is 252 cm³/mol. The molecule has 9 aromatic carbocycles. The minimum atomic E-state index is 0.157. The first-order chi connectivity index (χ1) is 29.2. The summed E-state index contributed by atoms with van der Waals surface area (Å²) >= 11 is 1.87. The second kappa shape index (κ2) is 14.9. The standard InChI is InChI=1S/C56H40N2S/c1-5-16-39(17-6-1)34-50(42-19-15-18-40(35-42)41-28-31-49-48-26-13-14-27-53(48)58(54(49)37-41)46-24-11-4-12-25-46)43-29-32-55-51(36-43)52-38-47(30-33-56(52)59-55)57(44-20-7-2-8-21-44)45-22-9-3-10-23-45/h1-33,35-38,50H,34H2. The summed E-state index contributed by atoms with van der Waals surface area (Å²) in [6.45, 7) is 0. The lowest BCUT2D eigenvalue weighted by molar-refractivity contribution is 0.807. The lowest BCUT2D eigenvalue weighted by atomic mass is 9.84. The minimum absolute atomic E-state index is 0.157. The second-order valence-electron chi connectivity index (χ2n) is 15.3. The molecule has 0 saturated heterocycles. The summed E-state index contributed by atoms with van der Waals surface area (Å²) in [7, 11) is 0. The molecule has 1 atom stereocenters. The second-order valence-corrected chi connectivity index (χ2v) is 16.4. The van der Waals surface area contributed by atoms with E-state index in [1.165, 1.54) is 75.5 Å². The normalized spacial score (nSPS) is 12.1. The maximum atomic E-state index is 2.47. The summed E-state index contributed by atoms with van der Waals surface area (Å²) in [5.74, 6) is 0.157. The summed E-state index contributed by atoms with van der Waals surface area (Å²) in [5.41, 5.74) is 13.4. The maximum absolute atomic E-state index is 2.47. The molecule has 0 aliphatic heterocycles. The van der Waals surface area contributed by atoms with Crippen molar-refractivity contribution in [3.8, 4) is 16.8 Å². The van der Waals surface area contributed by atoms with E-state index in [0.29, 0.717) is 0 Å². The van der Waals surface area contributed by atoms with Crippen LogP contribution in [-0.4, -0.2) is 4.57 Å². The molecule has 11 aromatic rings. The smallest absolute Gasteiger partial charge is 0.0547 e. The van der Waals surface area contributed by atoms with Gasteiger partial charge in [0, 0.05) is 59.6 Å². The Morgan fingerprint density at radius 3 is 1.73 bits per heavy atom. The quantitative estimate of drug-likeness (QED) is 0.142. The SMILES string of the molecule is c1ccc(CC(c2cccc(-c3ccc4c5ccccc5n(-c5ccccc5)c4c3)c2)c2ccc3sc4ccc(N(c5ccccc5)c5ccccc5)cc4c3c2)cc1. The first-order valence-corrected chi connectivity index (χ1v) is 21.2. The number of thiophene rings is 1.